The first-order chi connectivity index (χ1) is 8.61. The quantitative estimate of drug-likeness (QED) is 0.707. The van der Waals surface area contributed by atoms with Crippen LogP contribution >= 0.6 is 11.6 Å². The van der Waals surface area contributed by atoms with Crippen LogP contribution < -0.4 is 4.74 Å². The van der Waals surface area contributed by atoms with Gasteiger partial charge < -0.3 is 4.74 Å². The van der Waals surface area contributed by atoms with Gasteiger partial charge in [0, 0.05) is 11.6 Å². The van der Waals surface area contributed by atoms with Crippen molar-refractivity contribution in [3.63, 3.8) is 0 Å². The number of hydrogen-bond acceptors (Lipinski definition) is 1. The van der Waals surface area contributed by atoms with Gasteiger partial charge in [0.15, 0.2) is 0 Å². The number of hydrogen-bond donors (Lipinski definition) is 0. The molecule has 2 rings (SSSR count). The van der Waals surface area contributed by atoms with E-state index in [0.29, 0.717) is 17.2 Å². The topological polar surface area (TPSA) is 9.23 Å². The minimum absolute atomic E-state index is 0.219. The predicted octanol–water partition coefficient (Wildman–Crippen LogP) is 4.94. The fourth-order valence-electron chi connectivity index (χ4n) is 2.69. The van der Waals surface area contributed by atoms with Crippen LogP contribution in [0.4, 0.5) is 4.39 Å². The third kappa shape index (κ3) is 2.97. The lowest BCUT2D eigenvalue weighted by molar-refractivity contribution is 0.281. The number of methoxy groups -OCH3 is 1. The molecule has 0 aliphatic heterocycles. The van der Waals surface area contributed by atoms with Gasteiger partial charge >= 0.3 is 0 Å². The highest BCUT2D eigenvalue weighted by Crippen LogP contribution is 2.41. The zero-order valence-electron chi connectivity index (χ0n) is 11.0. The highest BCUT2D eigenvalue weighted by Gasteiger charge is 2.27. The lowest BCUT2D eigenvalue weighted by atomic mass is 9.80. The Morgan fingerprint density at radius 1 is 1.28 bits per heavy atom. The van der Waals surface area contributed by atoms with E-state index in [9.17, 15) is 4.39 Å². The van der Waals surface area contributed by atoms with Crippen LogP contribution in [0.15, 0.2) is 18.2 Å². The van der Waals surface area contributed by atoms with Crippen molar-refractivity contribution in [3.05, 3.63) is 29.6 Å². The Kier molecular flexibility index (Phi) is 4.50. The summed E-state index contributed by atoms with van der Waals surface area (Å²) in [5.74, 6) is 1.46. The van der Waals surface area contributed by atoms with Gasteiger partial charge in [-0.3, -0.25) is 0 Å². The number of halogens is 2. The molecule has 1 unspecified atom stereocenters. The molecule has 1 aromatic carbocycles. The molecule has 0 saturated heterocycles. The molecule has 0 bridgehead atoms. The van der Waals surface area contributed by atoms with Crippen molar-refractivity contribution >= 4 is 11.6 Å². The van der Waals surface area contributed by atoms with Crippen molar-refractivity contribution in [2.24, 2.45) is 11.8 Å². The number of ether oxygens (including phenoxy) is 1. The summed E-state index contributed by atoms with van der Waals surface area (Å²) >= 11 is 6.45. The van der Waals surface area contributed by atoms with Gasteiger partial charge in [0.2, 0.25) is 0 Å². The van der Waals surface area contributed by atoms with E-state index in [1.54, 1.807) is 12.1 Å². The maximum absolute atomic E-state index is 14.0. The molecule has 1 aliphatic carbocycles. The smallest absolute Gasteiger partial charge is 0.131 e. The summed E-state index contributed by atoms with van der Waals surface area (Å²) in [6, 6.07) is 4.94. The Balaban J connectivity index is 2.11. The second-order valence-electron chi connectivity index (χ2n) is 5.31. The van der Waals surface area contributed by atoms with E-state index in [-0.39, 0.29) is 11.2 Å². The van der Waals surface area contributed by atoms with Gasteiger partial charge in [-0.05, 0) is 30.7 Å². The van der Waals surface area contributed by atoms with Crippen molar-refractivity contribution in [3.8, 4) is 5.75 Å². The molecule has 0 heterocycles. The molecule has 0 N–H and O–H groups in total. The van der Waals surface area contributed by atoms with E-state index in [0.717, 1.165) is 18.8 Å². The molecule has 0 amide bonds. The second kappa shape index (κ2) is 5.92. The molecule has 1 aromatic rings. The second-order valence-corrected chi connectivity index (χ2v) is 5.78. The van der Waals surface area contributed by atoms with Crippen molar-refractivity contribution in [1.29, 1.82) is 0 Å². The van der Waals surface area contributed by atoms with Gasteiger partial charge in [-0.1, -0.05) is 25.8 Å². The van der Waals surface area contributed by atoms with Crippen LogP contribution in [0.1, 0.15) is 43.5 Å². The number of rotatable bonds is 3. The van der Waals surface area contributed by atoms with Crippen molar-refractivity contribution < 1.29 is 9.13 Å². The zero-order chi connectivity index (χ0) is 13.1. The van der Waals surface area contributed by atoms with Gasteiger partial charge in [-0.15, -0.1) is 11.6 Å². The maximum atomic E-state index is 14.0. The first kappa shape index (κ1) is 13.7. The van der Waals surface area contributed by atoms with E-state index < -0.39 is 0 Å². The van der Waals surface area contributed by atoms with E-state index >= 15 is 0 Å². The molecule has 0 radical (unpaired) electrons. The first-order valence-corrected chi connectivity index (χ1v) is 7.03. The number of alkyl halides is 1. The normalized spacial score (nSPS) is 25.8. The molecule has 1 atom stereocenters. The van der Waals surface area contributed by atoms with Crippen LogP contribution in [0.2, 0.25) is 0 Å². The summed E-state index contributed by atoms with van der Waals surface area (Å²) in [6.07, 6.45) is 4.60. The summed E-state index contributed by atoms with van der Waals surface area (Å²) in [5, 5.41) is -0.219. The van der Waals surface area contributed by atoms with Crippen LogP contribution in [0, 0.1) is 17.7 Å². The molecule has 0 spiro atoms. The van der Waals surface area contributed by atoms with Crippen LogP contribution in [0.3, 0.4) is 0 Å². The molecular weight excluding hydrogens is 251 g/mol. The minimum atomic E-state index is -0.257. The third-order valence-electron chi connectivity index (χ3n) is 3.98. The Hall–Kier alpha value is -0.760. The largest absolute Gasteiger partial charge is 0.497 e. The van der Waals surface area contributed by atoms with Crippen molar-refractivity contribution in [2.45, 2.75) is 38.0 Å². The molecule has 1 nitrogen and oxygen atoms in total. The molecule has 100 valence electrons. The summed E-state index contributed by atoms with van der Waals surface area (Å²) in [6.45, 7) is 2.27. The predicted molar refractivity (Wildman–Crippen MR) is 72.7 cm³/mol. The fourth-order valence-corrected chi connectivity index (χ4v) is 3.12. The standard InChI is InChI=1S/C15H20ClFO/c1-10-3-5-11(6-4-10)15(16)13-8-7-12(18-2)9-14(13)17/h7-11,15H,3-6H2,1-2H3. The van der Waals surface area contributed by atoms with Crippen LogP contribution in [-0.4, -0.2) is 7.11 Å². The van der Waals surface area contributed by atoms with Gasteiger partial charge in [0.1, 0.15) is 11.6 Å². The van der Waals surface area contributed by atoms with Crippen LogP contribution in [-0.2, 0) is 0 Å². The first-order valence-electron chi connectivity index (χ1n) is 6.59. The molecule has 1 aliphatic rings. The molecular formula is C15H20ClFO. The van der Waals surface area contributed by atoms with Crippen molar-refractivity contribution in [2.75, 3.05) is 7.11 Å². The highest BCUT2D eigenvalue weighted by molar-refractivity contribution is 6.21. The van der Waals surface area contributed by atoms with E-state index in [1.165, 1.54) is 26.0 Å². The molecule has 18 heavy (non-hydrogen) atoms. The number of benzene rings is 1. The molecule has 1 saturated carbocycles. The van der Waals surface area contributed by atoms with E-state index in [4.69, 9.17) is 16.3 Å². The van der Waals surface area contributed by atoms with Gasteiger partial charge in [0.05, 0.1) is 12.5 Å². The van der Waals surface area contributed by atoms with Gasteiger partial charge in [0.25, 0.3) is 0 Å². The zero-order valence-corrected chi connectivity index (χ0v) is 11.7. The lowest BCUT2D eigenvalue weighted by Gasteiger charge is -2.29. The summed E-state index contributed by atoms with van der Waals surface area (Å²) in [7, 11) is 1.54. The summed E-state index contributed by atoms with van der Waals surface area (Å²) in [5.41, 5.74) is 0.608. The SMILES string of the molecule is COc1ccc(C(Cl)C2CCC(C)CC2)c(F)c1. The van der Waals surface area contributed by atoms with Crippen molar-refractivity contribution in [1.82, 2.24) is 0 Å². The van der Waals surface area contributed by atoms with E-state index in [2.05, 4.69) is 6.92 Å². The molecule has 0 aromatic heterocycles. The lowest BCUT2D eigenvalue weighted by Crippen LogP contribution is -2.17. The minimum Gasteiger partial charge on any atom is -0.497 e. The molecule has 3 heteroatoms. The van der Waals surface area contributed by atoms with E-state index in [1.807, 2.05) is 0 Å². The Bertz CT molecular complexity index is 399. The van der Waals surface area contributed by atoms with Gasteiger partial charge in [-0.25, -0.2) is 4.39 Å². The highest BCUT2D eigenvalue weighted by atomic mass is 35.5. The van der Waals surface area contributed by atoms with Crippen LogP contribution in [0.25, 0.3) is 0 Å². The average molecular weight is 271 g/mol. The Morgan fingerprint density at radius 2 is 1.94 bits per heavy atom. The Labute approximate surface area is 113 Å². The Morgan fingerprint density at radius 3 is 2.50 bits per heavy atom. The maximum Gasteiger partial charge on any atom is 0.131 e. The average Bonchev–Trinajstić information content (AvgIpc) is 2.38. The fraction of sp³-hybridized carbons (Fsp3) is 0.600. The summed E-state index contributed by atoms with van der Waals surface area (Å²) in [4.78, 5) is 0. The van der Waals surface area contributed by atoms with Gasteiger partial charge in [-0.2, -0.15) is 0 Å². The third-order valence-corrected chi connectivity index (χ3v) is 4.57. The monoisotopic (exact) mass is 270 g/mol. The molecule has 1 fully saturated rings. The summed E-state index contributed by atoms with van der Waals surface area (Å²) < 4.78 is 19.0. The van der Waals surface area contributed by atoms with Crippen LogP contribution in [0.5, 0.6) is 5.75 Å².